The summed E-state index contributed by atoms with van der Waals surface area (Å²) in [7, 11) is 0. The molecule has 86 valence electrons. The molecule has 0 saturated carbocycles. The second kappa shape index (κ2) is 4.78. The quantitative estimate of drug-likeness (QED) is 0.607. The van der Waals surface area contributed by atoms with E-state index in [0.717, 1.165) is 35.8 Å². The van der Waals surface area contributed by atoms with Gasteiger partial charge in [0.15, 0.2) is 0 Å². The predicted molar refractivity (Wildman–Crippen MR) is 71.7 cm³/mol. The molecule has 16 heavy (non-hydrogen) atoms. The SMILES string of the molecule is Cc1ccc(C(=N)N)c(N2CCSCC2)c1. The summed E-state index contributed by atoms with van der Waals surface area (Å²) in [6.45, 7) is 4.18. The maximum Gasteiger partial charge on any atom is 0.124 e. The predicted octanol–water partition coefficient (Wildman–Crippen LogP) is 1.83. The van der Waals surface area contributed by atoms with E-state index < -0.39 is 0 Å². The van der Waals surface area contributed by atoms with E-state index in [1.165, 1.54) is 5.56 Å². The van der Waals surface area contributed by atoms with Crippen molar-refractivity contribution in [2.45, 2.75) is 6.92 Å². The van der Waals surface area contributed by atoms with Gasteiger partial charge in [-0.25, -0.2) is 0 Å². The zero-order valence-corrected chi connectivity index (χ0v) is 10.3. The molecule has 0 aromatic heterocycles. The van der Waals surface area contributed by atoms with E-state index in [0.29, 0.717) is 0 Å². The molecular formula is C12H17N3S. The lowest BCUT2D eigenvalue weighted by Crippen LogP contribution is -2.34. The van der Waals surface area contributed by atoms with Crippen LogP contribution in [0.3, 0.4) is 0 Å². The van der Waals surface area contributed by atoms with Crippen LogP contribution < -0.4 is 10.6 Å². The highest BCUT2D eigenvalue weighted by molar-refractivity contribution is 7.99. The summed E-state index contributed by atoms with van der Waals surface area (Å²) in [5, 5.41) is 7.61. The first-order valence-corrected chi connectivity index (χ1v) is 6.61. The van der Waals surface area contributed by atoms with Crippen molar-refractivity contribution >= 4 is 23.3 Å². The molecule has 1 fully saturated rings. The van der Waals surface area contributed by atoms with Gasteiger partial charge in [-0.1, -0.05) is 6.07 Å². The van der Waals surface area contributed by atoms with Gasteiger partial charge < -0.3 is 10.6 Å². The average Bonchev–Trinajstić information content (AvgIpc) is 2.29. The summed E-state index contributed by atoms with van der Waals surface area (Å²) in [6.07, 6.45) is 0. The number of nitrogens with two attached hydrogens (primary N) is 1. The minimum atomic E-state index is 0.160. The minimum absolute atomic E-state index is 0.160. The largest absolute Gasteiger partial charge is 0.384 e. The van der Waals surface area contributed by atoms with Gasteiger partial charge >= 0.3 is 0 Å². The fourth-order valence-electron chi connectivity index (χ4n) is 1.94. The lowest BCUT2D eigenvalue weighted by molar-refractivity contribution is 0.856. The molecule has 0 atom stereocenters. The monoisotopic (exact) mass is 235 g/mol. The molecule has 3 nitrogen and oxygen atoms in total. The van der Waals surface area contributed by atoms with Crippen LogP contribution >= 0.6 is 11.8 Å². The molecule has 0 unspecified atom stereocenters. The van der Waals surface area contributed by atoms with Crippen molar-refractivity contribution in [1.82, 2.24) is 0 Å². The van der Waals surface area contributed by atoms with Crippen molar-refractivity contribution in [1.29, 1.82) is 5.41 Å². The van der Waals surface area contributed by atoms with Gasteiger partial charge in [0.25, 0.3) is 0 Å². The van der Waals surface area contributed by atoms with Crippen LogP contribution in [0.1, 0.15) is 11.1 Å². The normalized spacial score (nSPS) is 16.2. The maximum atomic E-state index is 7.61. The molecule has 0 aliphatic carbocycles. The van der Waals surface area contributed by atoms with E-state index in [-0.39, 0.29) is 5.84 Å². The van der Waals surface area contributed by atoms with E-state index >= 15 is 0 Å². The Morgan fingerprint density at radius 1 is 1.38 bits per heavy atom. The molecule has 0 amide bonds. The second-order valence-corrected chi connectivity index (χ2v) is 5.26. The van der Waals surface area contributed by atoms with Gasteiger partial charge in [0.05, 0.1) is 0 Å². The molecule has 0 bridgehead atoms. The number of nitrogens with one attached hydrogen (secondary N) is 1. The molecule has 1 saturated heterocycles. The first-order chi connectivity index (χ1) is 7.68. The molecule has 0 spiro atoms. The highest BCUT2D eigenvalue weighted by atomic mass is 32.2. The van der Waals surface area contributed by atoms with Crippen LogP contribution in [0, 0.1) is 12.3 Å². The zero-order valence-electron chi connectivity index (χ0n) is 9.49. The van der Waals surface area contributed by atoms with E-state index in [4.69, 9.17) is 11.1 Å². The summed E-state index contributed by atoms with van der Waals surface area (Å²) in [5.41, 5.74) is 8.82. The first kappa shape index (κ1) is 11.3. The Hall–Kier alpha value is -1.16. The van der Waals surface area contributed by atoms with Gasteiger partial charge in [-0.3, -0.25) is 5.41 Å². The summed E-state index contributed by atoms with van der Waals surface area (Å²) in [4.78, 5) is 2.33. The van der Waals surface area contributed by atoms with Crippen molar-refractivity contribution in [3.8, 4) is 0 Å². The summed E-state index contributed by atoms with van der Waals surface area (Å²) >= 11 is 1.99. The third-order valence-electron chi connectivity index (χ3n) is 2.80. The highest BCUT2D eigenvalue weighted by Crippen LogP contribution is 2.24. The third kappa shape index (κ3) is 2.32. The molecular weight excluding hydrogens is 218 g/mol. The number of hydrogen-bond donors (Lipinski definition) is 2. The number of hydrogen-bond acceptors (Lipinski definition) is 3. The number of thioether (sulfide) groups is 1. The summed E-state index contributed by atoms with van der Waals surface area (Å²) < 4.78 is 0. The number of rotatable bonds is 2. The molecule has 1 aliphatic heterocycles. The molecule has 1 heterocycles. The second-order valence-electron chi connectivity index (χ2n) is 4.03. The Morgan fingerprint density at radius 3 is 2.69 bits per heavy atom. The van der Waals surface area contributed by atoms with Crippen LogP contribution in [-0.4, -0.2) is 30.4 Å². The van der Waals surface area contributed by atoms with E-state index in [2.05, 4.69) is 17.9 Å². The third-order valence-corrected chi connectivity index (χ3v) is 3.74. The van der Waals surface area contributed by atoms with Crippen LogP contribution in [0.2, 0.25) is 0 Å². The van der Waals surface area contributed by atoms with Crippen molar-refractivity contribution in [2.24, 2.45) is 5.73 Å². The lowest BCUT2D eigenvalue weighted by atomic mass is 10.1. The van der Waals surface area contributed by atoms with Crippen LogP contribution in [0.25, 0.3) is 0 Å². The standard InChI is InChI=1S/C12H17N3S/c1-9-2-3-10(12(13)14)11(8-9)15-4-6-16-7-5-15/h2-3,8H,4-7H2,1H3,(H3,13,14). The summed E-state index contributed by atoms with van der Waals surface area (Å²) in [6, 6.07) is 6.10. The van der Waals surface area contributed by atoms with Crippen LogP contribution in [0.15, 0.2) is 18.2 Å². The minimum Gasteiger partial charge on any atom is -0.384 e. The topological polar surface area (TPSA) is 53.1 Å². The number of amidine groups is 1. The van der Waals surface area contributed by atoms with Gasteiger partial charge in [0.2, 0.25) is 0 Å². The fraction of sp³-hybridized carbons (Fsp3) is 0.417. The number of nitrogens with zero attached hydrogens (tertiary/aromatic N) is 1. The van der Waals surface area contributed by atoms with Gasteiger partial charge in [-0.2, -0.15) is 11.8 Å². The number of aryl methyl sites for hydroxylation is 1. The Bertz CT molecular complexity index is 397. The van der Waals surface area contributed by atoms with E-state index in [1.807, 2.05) is 23.9 Å². The molecule has 1 aromatic carbocycles. The van der Waals surface area contributed by atoms with Crippen molar-refractivity contribution in [2.75, 3.05) is 29.5 Å². The molecule has 4 heteroatoms. The van der Waals surface area contributed by atoms with E-state index in [1.54, 1.807) is 0 Å². The van der Waals surface area contributed by atoms with Gasteiger partial charge in [-0.05, 0) is 24.6 Å². The Kier molecular flexibility index (Phi) is 3.39. The number of anilines is 1. The lowest BCUT2D eigenvalue weighted by Gasteiger charge is -2.30. The van der Waals surface area contributed by atoms with E-state index in [9.17, 15) is 0 Å². The smallest absolute Gasteiger partial charge is 0.124 e. The van der Waals surface area contributed by atoms with Gasteiger partial charge in [-0.15, -0.1) is 0 Å². The highest BCUT2D eigenvalue weighted by Gasteiger charge is 2.15. The summed E-state index contributed by atoms with van der Waals surface area (Å²) in [5.74, 6) is 2.48. The van der Waals surface area contributed by atoms with Crippen LogP contribution in [0.4, 0.5) is 5.69 Å². The number of nitrogen functional groups attached to an aromatic ring is 1. The Morgan fingerprint density at radius 2 is 2.06 bits per heavy atom. The molecule has 0 radical (unpaired) electrons. The Labute approximate surface area is 101 Å². The van der Waals surface area contributed by atoms with Crippen molar-refractivity contribution in [3.63, 3.8) is 0 Å². The van der Waals surface area contributed by atoms with Crippen molar-refractivity contribution < 1.29 is 0 Å². The van der Waals surface area contributed by atoms with Gasteiger partial charge in [0, 0.05) is 35.8 Å². The van der Waals surface area contributed by atoms with Crippen LogP contribution in [-0.2, 0) is 0 Å². The molecule has 3 N–H and O–H groups in total. The van der Waals surface area contributed by atoms with Crippen LogP contribution in [0.5, 0.6) is 0 Å². The molecule has 1 aromatic rings. The number of benzene rings is 1. The zero-order chi connectivity index (χ0) is 11.5. The van der Waals surface area contributed by atoms with Gasteiger partial charge in [0.1, 0.15) is 5.84 Å². The molecule has 2 rings (SSSR count). The maximum absolute atomic E-state index is 7.61. The average molecular weight is 235 g/mol. The Balaban J connectivity index is 2.36. The fourth-order valence-corrected chi connectivity index (χ4v) is 2.84. The molecule has 1 aliphatic rings. The first-order valence-electron chi connectivity index (χ1n) is 5.46. The van der Waals surface area contributed by atoms with Crippen molar-refractivity contribution in [3.05, 3.63) is 29.3 Å².